The molecule has 1 heterocycles. The van der Waals surface area contributed by atoms with Crippen LogP contribution in [0.25, 0.3) is 12.2 Å². The highest BCUT2D eigenvalue weighted by atomic mass is 16.5. The summed E-state index contributed by atoms with van der Waals surface area (Å²) in [6.07, 6.45) is 4.48. The highest BCUT2D eigenvalue weighted by molar-refractivity contribution is 5.67. The molecule has 0 bridgehead atoms. The molecule has 0 saturated heterocycles. The van der Waals surface area contributed by atoms with Crippen molar-refractivity contribution < 1.29 is 14.3 Å². The molecule has 1 aromatic heterocycles. The first kappa shape index (κ1) is 12.0. The van der Waals surface area contributed by atoms with Gasteiger partial charge in [0.05, 0.1) is 7.11 Å². The van der Waals surface area contributed by atoms with Crippen LogP contribution in [0.3, 0.4) is 0 Å². The lowest BCUT2D eigenvalue weighted by Crippen LogP contribution is -1.97. The molecule has 2 aromatic rings. The minimum absolute atomic E-state index is 0.383. The van der Waals surface area contributed by atoms with Crippen molar-refractivity contribution in [1.82, 2.24) is 0 Å². The van der Waals surface area contributed by atoms with E-state index in [9.17, 15) is 4.79 Å². The number of rotatable bonds is 3. The molecule has 0 spiro atoms. The lowest BCUT2D eigenvalue weighted by atomic mass is 10.2. The van der Waals surface area contributed by atoms with Crippen LogP contribution in [0.5, 0.6) is 11.5 Å². The van der Waals surface area contributed by atoms with Crippen molar-refractivity contribution in [3.05, 3.63) is 58.1 Å². The second kappa shape index (κ2) is 5.23. The van der Waals surface area contributed by atoms with Gasteiger partial charge < -0.3 is 14.3 Å². The number of hydrogen-bond donors (Lipinski definition) is 1. The molecule has 0 aliphatic rings. The van der Waals surface area contributed by atoms with Gasteiger partial charge in [-0.15, -0.1) is 0 Å². The fourth-order valence-electron chi connectivity index (χ4n) is 1.40. The lowest BCUT2D eigenvalue weighted by Gasteiger charge is -1.99. The minimum Gasteiger partial charge on any atom is -0.502 e. The Hall–Kier alpha value is -2.49. The third-order valence-corrected chi connectivity index (χ3v) is 2.39. The highest BCUT2D eigenvalue weighted by Gasteiger charge is 1.98. The molecule has 18 heavy (non-hydrogen) atoms. The summed E-state index contributed by atoms with van der Waals surface area (Å²) >= 11 is 0. The molecule has 1 N–H and O–H groups in total. The third-order valence-electron chi connectivity index (χ3n) is 2.39. The van der Waals surface area contributed by atoms with Gasteiger partial charge in [-0.1, -0.05) is 18.2 Å². The molecular weight excluding hydrogens is 232 g/mol. The zero-order chi connectivity index (χ0) is 13.0. The first-order valence-electron chi connectivity index (χ1n) is 5.33. The summed E-state index contributed by atoms with van der Waals surface area (Å²) in [6, 6.07) is 8.68. The van der Waals surface area contributed by atoms with Crippen molar-refractivity contribution in [1.29, 1.82) is 0 Å². The maximum Gasteiger partial charge on any atom is 0.227 e. The predicted molar refractivity (Wildman–Crippen MR) is 68.6 cm³/mol. The molecule has 0 aliphatic heterocycles. The van der Waals surface area contributed by atoms with E-state index < -0.39 is 11.2 Å². The molecule has 92 valence electrons. The van der Waals surface area contributed by atoms with Gasteiger partial charge in [0.2, 0.25) is 5.43 Å². The van der Waals surface area contributed by atoms with Crippen LogP contribution in [-0.2, 0) is 0 Å². The summed E-state index contributed by atoms with van der Waals surface area (Å²) in [7, 11) is 1.61. The third kappa shape index (κ3) is 2.79. The molecule has 0 amide bonds. The second-order valence-corrected chi connectivity index (χ2v) is 3.64. The molecular formula is C14H12O4. The molecule has 0 saturated carbocycles. The van der Waals surface area contributed by atoms with Crippen LogP contribution in [0.4, 0.5) is 0 Å². The van der Waals surface area contributed by atoms with Crippen molar-refractivity contribution in [2.45, 2.75) is 0 Å². The Morgan fingerprint density at radius 1 is 1.22 bits per heavy atom. The van der Waals surface area contributed by atoms with Gasteiger partial charge in [0.15, 0.2) is 5.75 Å². The Kier molecular flexibility index (Phi) is 3.48. The van der Waals surface area contributed by atoms with Gasteiger partial charge in [0.25, 0.3) is 0 Å². The van der Waals surface area contributed by atoms with E-state index in [-0.39, 0.29) is 0 Å². The minimum atomic E-state index is -0.462. The Balaban J connectivity index is 2.18. The second-order valence-electron chi connectivity index (χ2n) is 3.64. The molecule has 0 aliphatic carbocycles. The SMILES string of the molecule is COc1ccc(/C=C/c2cc(=O)c(O)co2)cc1. The summed E-state index contributed by atoms with van der Waals surface area (Å²) in [6.45, 7) is 0. The average Bonchev–Trinajstić information content (AvgIpc) is 2.41. The standard InChI is InChI=1S/C14H12O4/c1-17-11-5-2-10(3-6-11)4-7-12-8-13(15)14(16)9-18-12/h2-9,16H,1H3/b7-4+. The van der Waals surface area contributed by atoms with Gasteiger partial charge in [0, 0.05) is 6.07 Å². The van der Waals surface area contributed by atoms with Gasteiger partial charge in [-0.2, -0.15) is 0 Å². The average molecular weight is 244 g/mol. The van der Waals surface area contributed by atoms with E-state index >= 15 is 0 Å². The maximum atomic E-state index is 11.2. The van der Waals surface area contributed by atoms with Crippen LogP contribution >= 0.6 is 0 Å². The van der Waals surface area contributed by atoms with Gasteiger partial charge in [-0.25, -0.2) is 0 Å². The van der Waals surface area contributed by atoms with Crippen molar-refractivity contribution in [3.63, 3.8) is 0 Å². The molecule has 0 fully saturated rings. The van der Waals surface area contributed by atoms with Crippen molar-refractivity contribution >= 4 is 12.2 Å². The number of ether oxygens (including phenoxy) is 1. The molecule has 2 rings (SSSR count). The molecule has 4 nitrogen and oxygen atoms in total. The summed E-state index contributed by atoms with van der Waals surface area (Å²) in [5.74, 6) is 0.772. The van der Waals surface area contributed by atoms with Crippen LogP contribution in [0.1, 0.15) is 11.3 Å². The van der Waals surface area contributed by atoms with Gasteiger partial charge in [-0.3, -0.25) is 4.79 Å². The first-order chi connectivity index (χ1) is 8.69. The fraction of sp³-hybridized carbons (Fsp3) is 0.0714. The Labute approximate surface area is 104 Å². The monoisotopic (exact) mass is 244 g/mol. The summed E-state index contributed by atoms with van der Waals surface area (Å²) < 4.78 is 10.1. The van der Waals surface area contributed by atoms with Crippen LogP contribution in [0.15, 0.2) is 45.8 Å². The van der Waals surface area contributed by atoms with Crippen molar-refractivity contribution in [3.8, 4) is 11.5 Å². The number of benzene rings is 1. The van der Waals surface area contributed by atoms with E-state index in [4.69, 9.17) is 14.3 Å². The lowest BCUT2D eigenvalue weighted by molar-refractivity contribution is 0.415. The molecule has 1 aromatic carbocycles. The van der Waals surface area contributed by atoms with Crippen LogP contribution in [-0.4, -0.2) is 12.2 Å². The van der Waals surface area contributed by atoms with E-state index in [0.29, 0.717) is 5.76 Å². The highest BCUT2D eigenvalue weighted by Crippen LogP contribution is 2.14. The zero-order valence-electron chi connectivity index (χ0n) is 9.79. The van der Waals surface area contributed by atoms with Gasteiger partial charge in [-0.05, 0) is 23.8 Å². The Morgan fingerprint density at radius 3 is 2.56 bits per heavy atom. The molecule has 0 radical (unpaired) electrons. The topological polar surface area (TPSA) is 59.7 Å². The van der Waals surface area contributed by atoms with Gasteiger partial charge in [0.1, 0.15) is 17.8 Å². The van der Waals surface area contributed by atoms with Gasteiger partial charge >= 0.3 is 0 Å². The summed E-state index contributed by atoms with van der Waals surface area (Å²) in [4.78, 5) is 11.2. The number of hydrogen-bond acceptors (Lipinski definition) is 4. The Bertz CT molecular complexity index is 608. The molecule has 0 atom stereocenters. The van der Waals surface area contributed by atoms with Crippen LogP contribution in [0.2, 0.25) is 0 Å². The first-order valence-corrected chi connectivity index (χ1v) is 5.33. The van der Waals surface area contributed by atoms with Crippen LogP contribution < -0.4 is 10.2 Å². The fourth-order valence-corrected chi connectivity index (χ4v) is 1.40. The smallest absolute Gasteiger partial charge is 0.227 e. The van der Waals surface area contributed by atoms with E-state index in [1.807, 2.05) is 24.3 Å². The Morgan fingerprint density at radius 2 is 1.94 bits per heavy atom. The van der Waals surface area contributed by atoms with E-state index in [1.165, 1.54) is 6.07 Å². The normalized spacial score (nSPS) is 10.7. The number of aromatic hydroxyl groups is 1. The number of methoxy groups -OCH3 is 1. The predicted octanol–water partition coefficient (Wildman–Crippen LogP) is 2.52. The molecule has 4 heteroatoms. The van der Waals surface area contributed by atoms with Crippen LogP contribution in [0, 0.1) is 0 Å². The summed E-state index contributed by atoms with van der Waals surface area (Å²) in [5, 5.41) is 9.04. The van der Waals surface area contributed by atoms with E-state index in [1.54, 1.807) is 19.3 Å². The van der Waals surface area contributed by atoms with Crippen molar-refractivity contribution in [2.75, 3.05) is 7.11 Å². The van der Waals surface area contributed by atoms with Crippen molar-refractivity contribution in [2.24, 2.45) is 0 Å². The largest absolute Gasteiger partial charge is 0.502 e. The quantitative estimate of drug-likeness (QED) is 0.901. The van der Waals surface area contributed by atoms with E-state index in [2.05, 4.69) is 0 Å². The van der Waals surface area contributed by atoms with E-state index in [0.717, 1.165) is 17.6 Å². The molecule has 0 unspecified atom stereocenters. The zero-order valence-corrected chi connectivity index (χ0v) is 9.79. The maximum absolute atomic E-state index is 11.2. The summed E-state index contributed by atoms with van der Waals surface area (Å²) in [5.41, 5.74) is 0.488.